The molecule has 0 fully saturated rings. The van der Waals surface area contributed by atoms with Gasteiger partial charge in [0, 0.05) is 46.3 Å². The third-order valence-corrected chi connectivity index (χ3v) is 4.51. The van der Waals surface area contributed by atoms with Crippen LogP contribution in [-0.4, -0.2) is 85.7 Å². The van der Waals surface area contributed by atoms with E-state index in [9.17, 15) is 0 Å². The number of ether oxygens (including phenoxy) is 2. The van der Waals surface area contributed by atoms with Crippen LogP contribution >= 0.6 is 0 Å². The molecule has 2 N–H and O–H groups in total. The van der Waals surface area contributed by atoms with Gasteiger partial charge in [0.25, 0.3) is 0 Å². The van der Waals surface area contributed by atoms with E-state index in [-0.39, 0.29) is 0 Å². The molecule has 154 valence electrons. The van der Waals surface area contributed by atoms with Gasteiger partial charge < -0.3 is 25.0 Å². The zero-order valence-corrected chi connectivity index (χ0v) is 17.2. The van der Waals surface area contributed by atoms with Gasteiger partial charge in [-0.2, -0.15) is 5.10 Å². The number of likely N-dealkylation sites (N-methyl/N-ethyl adjacent to an activating group) is 1. The summed E-state index contributed by atoms with van der Waals surface area (Å²) in [7, 11) is 5.51. The van der Waals surface area contributed by atoms with Crippen molar-refractivity contribution in [2.24, 2.45) is 4.99 Å². The molecular formula is C18H35N7O2. The third kappa shape index (κ3) is 7.43. The van der Waals surface area contributed by atoms with E-state index in [0.29, 0.717) is 12.6 Å². The fraction of sp³-hybridized carbons (Fsp3) is 0.833. The molecule has 0 amide bonds. The number of aryl methyl sites for hydroxylation is 1. The molecule has 0 bridgehead atoms. The largest absolute Gasteiger partial charge is 0.383 e. The Labute approximate surface area is 162 Å². The number of aliphatic imine (C=N–C) groups is 1. The topological polar surface area (TPSA) is 88.8 Å². The Kier molecular flexibility index (Phi) is 9.51. The number of nitrogens with zero attached hydrogens (tertiary/aromatic N) is 5. The van der Waals surface area contributed by atoms with Gasteiger partial charge in [0.15, 0.2) is 11.8 Å². The van der Waals surface area contributed by atoms with Crippen molar-refractivity contribution in [1.82, 2.24) is 30.3 Å². The van der Waals surface area contributed by atoms with Crippen LogP contribution in [0.1, 0.15) is 31.4 Å². The van der Waals surface area contributed by atoms with Crippen molar-refractivity contribution in [3.05, 3.63) is 11.6 Å². The Balaban J connectivity index is 1.80. The summed E-state index contributed by atoms with van der Waals surface area (Å²) < 4.78 is 12.2. The van der Waals surface area contributed by atoms with E-state index in [1.54, 1.807) is 14.2 Å². The molecule has 0 saturated carbocycles. The van der Waals surface area contributed by atoms with Gasteiger partial charge >= 0.3 is 0 Å². The number of hydrogen-bond donors (Lipinski definition) is 2. The van der Waals surface area contributed by atoms with Gasteiger partial charge in [-0.05, 0) is 33.4 Å². The highest BCUT2D eigenvalue weighted by atomic mass is 16.5. The average Bonchev–Trinajstić information content (AvgIpc) is 3.05. The van der Waals surface area contributed by atoms with Gasteiger partial charge in [-0.1, -0.05) is 0 Å². The van der Waals surface area contributed by atoms with Gasteiger partial charge in [-0.15, -0.1) is 0 Å². The Morgan fingerprint density at radius 1 is 1.33 bits per heavy atom. The van der Waals surface area contributed by atoms with Crippen LogP contribution in [0, 0.1) is 0 Å². The predicted octanol–water partition coefficient (Wildman–Crippen LogP) is 0.263. The molecule has 0 aromatic carbocycles. The molecule has 2 heterocycles. The number of aromatic nitrogens is 3. The molecule has 9 nitrogen and oxygen atoms in total. The van der Waals surface area contributed by atoms with Crippen molar-refractivity contribution in [2.75, 3.05) is 54.1 Å². The van der Waals surface area contributed by atoms with Crippen molar-refractivity contribution in [3.8, 4) is 0 Å². The van der Waals surface area contributed by atoms with Crippen LogP contribution in [0.2, 0.25) is 0 Å². The Bertz CT molecular complexity index is 576. The number of nitrogens with one attached hydrogen (secondary N) is 2. The van der Waals surface area contributed by atoms with Crippen LogP contribution < -0.4 is 10.6 Å². The molecule has 0 spiro atoms. The second kappa shape index (κ2) is 11.9. The summed E-state index contributed by atoms with van der Waals surface area (Å²) in [6.45, 7) is 7.72. The normalized spacial score (nSPS) is 17.2. The van der Waals surface area contributed by atoms with Crippen molar-refractivity contribution in [2.45, 2.75) is 45.4 Å². The fourth-order valence-electron chi connectivity index (χ4n) is 3.07. The first kappa shape index (κ1) is 21.6. The highest BCUT2D eigenvalue weighted by Gasteiger charge is 2.22. The number of guanidine groups is 1. The van der Waals surface area contributed by atoms with E-state index in [2.05, 4.69) is 39.6 Å². The van der Waals surface area contributed by atoms with E-state index >= 15 is 0 Å². The summed E-state index contributed by atoms with van der Waals surface area (Å²) in [5.41, 5.74) is 0. The maximum Gasteiger partial charge on any atom is 0.191 e. The van der Waals surface area contributed by atoms with Crippen LogP contribution in [0.5, 0.6) is 0 Å². The lowest BCUT2D eigenvalue weighted by atomic mass is 10.1. The minimum absolute atomic E-state index is 0.303. The molecule has 0 radical (unpaired) electrons. The lowest BCUT2D eigenvalue weighted by molar-refractivity contribution is 0.161. The average molecular weight is 382 g/mol. The summed E-state index contributed by atoms with van der Waals surface area (Å²) in [5.74, 6) is 2.68. The van der Waals surface area contributed by atoms with Gasteiger partial charge in [0.1, 0.15) is 12.4 Å². The number of hydrogen-bond acceptors (Lipinski definition) is 6. The minimum atomic E-state index is 0.303. The lowest BCUT2D eigenvalue weighted by Gasteiger charge is -2.25. The minimum Gasteiger partial charge on any atom is -0.383 e. The number of fused-ring (bicyclic) bond motifs is 1. The first-order valence-electron chi connectivity index (χ1n) is 9.80. The maximum atomic E-state index is 5.13. The molecule has 1 aromatic heterocycles. The van der Waals surface area contributed by atoms with Crippen LogP contribution in [0.25, 0.3) is 0 Å². The van der Waals surface area contributed by atoms with Crippen molar-refractivity contribution < 1.29 is 9.47 Å². The molecule has 1 atom stereocenters. The highest BCUT2D eigenvalue weighted by Crippen LogP contribution is 2.13. The Hall–Kier alpha value is -1.71. The number of rotatable bonds is 11. The second-order valence-corrected chi connectivity index (χ2v) is 6.85. The standard InChI is InChI=1S/C18H35N7O2/c1-5-19-18(20-9-6-10-24(2)11-12-26-3)21-15-7-8-17-22-16(14-27-4)23-25(17)13-15/h15H,5-14H2,1-4H3,(H2,19,20,21). The molecule has 1 aliphatic heterocycles. The highest BCUT2D eigenvalue weighted by molar-refractivity contribution is 5.80. The van der Waals surface area contributed by atoms with Crippen LogP contribution in [0.3, 0.4) is 0 Å². The first-order chi connectivity index (χ1) is 13.2. The Morgan fingerprint density at radius 2 is 2.19 bits per heavy atom. The molecule has 2 rings (SSSR count). The van der Waals surface area contributed by atoms with Crippen molar-refractivity contribution in [1.29, 1.82) is 0 Å². The predicted molar refractivity (Wildman–Crippen MR) is 106 cm³/mol. The zero-order valence-electron chi connectivity index (χ0n) is 17.2. The summed E-state index contributed by atoms with van der Waals surface area (Å²) in [6.07, 6.45) is 2.96. The summed E-state index contributed by atoms with van der Waals surface area (Å²) in [4.78, 5) is 11.5. The smallest absolute Gasteiger partial charge is 0.191 e. The quantitative estimate of drug-likeness (QED) is 0.323. The lowest BCUT2D eigenvalue weighted by Crippen LogP contribution is -2.47. The van der Waals surface area contributed by atoms with E-state index in [1.165, 1.54) is 0 Å². The summed E-state index contributed by atoms with van der Waals surface area (Å²) >= 11 is 0. The first-order valence-corrected chi connectivity index (χ1v) is 9.80. The van der Waals surface area contributed by atoms with E-state index in [1.807, 2.05) is 4.68 Å². The molecule has 1 unspecified atom stereocenters. The van der Waals surface area contributed by atoms with Gasteiger partial charge in [-0.3, -0.25) is 4.99 Å². The SMILES string of the molecule is CCNC(=NCCCN(C)CCOC)NC1CCc2nc(COC)nn2C1. The van der Waals surface area contributed by atoms with E-state index in [0.717, 1.165) is 76.2 Å². The van der Waals surface area contributed by atoms with Crippen LogP contribution in [0.15, 0.2) is 4.99 Å². The van der Waals surface area contributed by atoms with E-state index < -0.39 is 0 Å². The zero-order chi connectivity index (χ0) is 19.5. The molecule has 0 saturated heterocycles. The molecule has 1 aliphatic rings. The van der Waals surface area contributed by atoms with Gasteiger partial charge in [-0.25, -0.2) is 9.67 Å². The van der Waals surface area contributed by atoms with Crippen LogP contribution in [-0.2, 0) is 29.0 Å². The Morgan fingerprint density at radius 3 is 2.93 bits per heavy atom. The second-order valence-electron chi connectivity index (χ2n) is 6.85. The number of methoxy groups -OCH3 is 2. The maximum absolute atomic E-state index is 5.13. The van der Waals surface area contributed by atoms with Gasteiger partial charge in [0.2, 0.25) is 0 Å². The molecule has 9 heteroatoms. The van der Waals surface area contributed by atoms with Crippen molar-refractivity contribution >= 4 is 5.96 Å². The van der Waals surface area contributed by atoms with Crippen LogP contribution in [0.4, 0.5) is 0 Å². The van der Waals surface area contributed by atoms with Gasteiger partial charge in [0.05, 0.1) is 13.2 Å². The monoisotopic (exact) mass is 381 g/mol. The molecular weight excluding hydrogens is 346 g/mol. The molecule has 0 aliphatic carbocycles. The molecule has 1 aromatic rings. The summed E-state index contributed by atoms with van der Waals surface area (Å²) in [6, 6.07) is 0.303. The van der Waals surface area contributed by atoms with Crippen molar-refractivity contribution in [3.63, 3.8) is 0 Å². The summed E-state index contributed by atoms with van der Waals surface area (Å²) in [5, 5.41) is 11.4. The van der Waals surface area contributed by atoms with E-state index in [4.69, 9.17) is 14.5 Å². The molecule has 27 heavy (non-hydrogen) atoms. The fourth-order valence-corrected chi connectivity index (χ4v) is 3.07. The third-order valence-electron chi connectivity index (χ3n) is 4.51.